The second kappa shape index (κ2) is 10.7. The van der Waals surface area contributed by atoms with Gasteiger partial charge < -0.3 is 31.2 Å². The summed E-state index contributed by atoms with van der Waals surface area (Å²) in [6.45, 7) is 6.49. The maximum atomic E-state index is 9.83. The molecule has 0 bridgehead atoms. The van der Waals surface area contributed by atoms with Gasteiger partial charge in [-0.1, -0.05) is 6.07 Å². The molecule has 1 aromatic heterocycles. The Balaban J connectivity index is 1.76. The van der Waals surface area contributed by atoms with Gasteiger partial charge in [-0.2, -0.15) is 5.26 Å². The highest BCUT2D eigenvalue weighted by molar-refractivity contribution is 7.80. The Bertz CT molecular complexity index is 1290. The van der Waals surface area contributed by atoms with Crippen LogP contribution < -0.4 is 26.4 Å². The fraction of sp³-hybridized carbons (Fsp3) is 0.320. The number of morpholine rings is 1. The van der Waals surface area contributed by atoms with E-state index in [9.17, 15) is 5.26 Å². The summed E-state index contributed by atoms with van der Waals surface area (Å²) in [5.74, 6) is 0.711. The summed E-state index contributed by atoms with van der Waals surface area (Å²) in [4.78, 5) is 8.60. The number of aryl methyl sites for hydroxylation is 1. The molecule has 0 unspecified atom stereocenters. The standard InChI is InChI=1S/C25H29N7O2S/c1-16-3-4-18(33-2)11-21(16)30-24-17(14-26)15-29-22-13-20(27)23(12-19(22)24)32(25(28)35)6-5-31-7-9-34-10-8-31/h3-4,11-13,15H,5-10,27H2,1-2H3,(H2,28,35)(H,29,30). The molecule has 1 aliphatic rings. The van der Waals surface area contributed by atoms with E-state index in [2.05, 4.69) is 21.3 Å². The zero-order valence-corrected chi connectivity index (χ0v) is 20.7. The van der Waals surface area contributed by atoms with Gasteiger partial charge in [-0.15, -0.1) is 0 Å². The molecular weight excluding hydrogens is 462 g/mol. The summed E-state index contributed by atoms with van der Waals surface area (Å²) in [7, 11) is 1.62. The minimum absolute atomic E-state index is 0.229. The molecule has 0 atom stereocenters. The number of methoxy groups -OCH3 is 1. The Kier molecular flexibility index (Phi) is 7.51. The van der Waals surface area contributed by atoms with E-state index in [-0.39, 0.29) is 5.11 Å². The predicted octanol–water partition coefficient (Wildman–Crippen LogP) is 3.13. The second-order valence-electron chi connectivity index (χ2n) is 8.34. The molecule has 9 nitrogen and oxygen atoms in total. The number of aromatic nitrogens is 1. The van der Waals surface area contributed by atoms with Crippen molar-refractivity contribution in [3.63, 3.8) is 0 Å². The first kappa shape index (κ1) is 24.5. The Morgan fingerprint density at radius 3 is 2.77 bits per heavy atom. The molecule has 0 aliphatic carbocycles. The van der Waals surface area contributed by atoms with E-state index in [1.54, 1.807) is 19.4 Å². The van der Waals surface area contributed by atoms with Crippen molar-refractivity contribution < 1.29 is 9.47 Å². The van der Waals surface area contributed by atoms with Gasteiger partial charge in [-0.25, -0.2) is 0 Å². The largest absolute Gasteiger partial charge is 0.497 e. The average Bonchev–Trinajstić information content (AvgIpc) is 2.86. The van der Waals surface area contributed by atoms with Crippen molar-refractivity contribution in [1.29, 1.82) is 5.26 Å². The van der Waals surface area contributed by atoms with Crippen molar-refractivity contribution >= 4 is 51.0 Å². The fourth-order valence-corrected chi connectivity index (χ4v) is 4.30. The number of hydrogen-bond acceptors (Lipinski definition) is 8. The zero-order chi connectivity index (χ0) is 24.9. The van der Waals surface area contributed by atoms with Crippen LogP contribution in [0.4, 0.5) is 22.7 Å². The van der Waals surface area contributed by atoms with Crippen LogP contribution in [0, 0.1) is 18.3 Å². The Labute approximate surface area is 210 Å². The monoisotopic (exact) mass is 491 g/mol. The molecule has 0 spiro atoms. The third kappa shape index (κ3) is 5.38. The van der Waals surface area contributed by atoms with E-state index in [4.69, 9.17) is 33.2 Å². The van der Waals surface area contributed by atoms with Gasteiger partial charge in [0.05, 0.1) is 48.5 Å². The van der Waals surface area contributed by atoms with Crippen LogP contribution >= 0.6 is 12.2 Å². The van der Waals surface area contributed by atoms with Crippen molar-refractivity contribution in [2.75, 3.05) is 62.5 Å². The number of nitrogens with zero attached hydrogens (tertiary/aromatic N) is 4. The molecule has 3 aromatic rings. The van der Waals surface area contributed by atoms with Crippen LogP contribution in [0.25, 0.3) is 10.9 Å². The molecule has 0 radical (unpaired) electrons. The minimum Gasteiger partial charge on any atom is -0.497 e. The van der Waals surface area contributed by atoms with E-state index in [0.29, 0.717) is 53.7 Å². The molecule has 0 amide bonds. The smallest absolute Gasteiger partial charge is 0.170 e. The molecule has 10 heteroatoms. The normalized spacial score (nSPS) is 13.9. The quantitative estimate of drug-likeness (QED) is 0.335. The van der Waals surface area contributed by atoms with E-state index in [0.717, 1.165) is 36.3 Å². The molecule has 4 rings (SSSR count). The zero-order valence-electron chi connectivity index (χ0n) is 19.9. The number of ether oxygens (including phenoxy) is 2. The molecule has 1 saturated heterocycles. The molecule has 0 saturated carbocycles. The molecule has 1 fully saturated rings. The number of fused-ring (bicyclic) bond motifs is 1. The first-order valence-electron chi connectivity index (χ1n) is 11.3. The fourth-order valence-electron chi connectivity index (χ4n) is 4.11. The summed E-state index contributed by atoms with van der Waals surface area (Å²) < 4.78 is 10.8. The molecule has 2 heterocycles. The Morgan fingerprint density at radius 2 is 2.09 bits per heavy atom. The lowest BCUT2D eigenvalue weighted by Crippen LogP contribution is -2.44. The minimum atomic E-state index is 0.229. The number of nitrogens with one attached hydrogen (secondary N) is 1. The van der Waals surface area contributed by atoms with Crippen molar-refractivity contribution in [3.05, 3.63) is 47.7 Å². The molecule has 1 aliphatic heterocycles. The number of thiocarbonyl (C=S) groups is 1. The van der Waals surface area contributed by atoms with Crippen LogP contribution in [0.2, 0.25) is 0 Å². The summed E-state index contributed by atoms with van der Waals surface area (Å²) in [6.07, 6.45) is 1.54. The highest BCUT2D eigenvalue weighted by Gasteiger charge is 2.19. The molecular formula is C25H29N7O2S. The van der Waals surface area contributed by atoms with Crippen LogP contribution in [-0.4, -0.2) is 61.5 Å². The maximum Gasteiger partial charge on any atom is 0.170 e. The maximum absolute atomic E-state index is 9.83. The average molecular weight is 492 g/mol. The highest BCUT2D eigenvalue weighted by Crippen LogP contribution is 2.36. The number of pyridine rings is 1. The van der Waals surface area contributed by atoms with Crippen LogP contribution in [-0.2, 0) is 4.74 Å². The van der Waals surface area contributed by atoms with Gasteiger partial charge in [0.1, 0.15) is 11.8 Å². The number of anilines is 4. The van der Waals surface area contributed by atoms with Gasteiger partial charge in [0, 0.05) is 49.5 Å². The second-order valence-corrected chi connectivity index (χ2v) is 8.75. The van der Waals surface area contributed by atoms with Crippen LogP contribution in [0.15, 0.2) is 36.5 Å². The number of nitrogens with two attached hydrogens (primary N) is 2. The summed E-state index contributed by atoms with van der Waals surface area (Å²) >= 11 is 5.39. The third-order valence-electron chi connectivity index (χ3n) is 6.14. The van der Waals surface area contributed by atoms with Gasteiger partial charge in [-0.05, 0) is 42.9 Å². The lowest BCUT2D eigenvalue weighted by Gasteiger charge is -2.31. The summed E-state index contributed by atoms with van der Waals surface area (Å²) in [5.41, 5.74) is 17.3. The van der Waals surface area contributed by atoms with Crippen molar-refractivity contribution in [3.8, 4) is 11.8 Å². The van der Waals surface area contributed by atoms with Gasteiger partial charge in [0.15, 0.2) is 5.11 Å². The SMILES string of the molecule is COc1ccc(C)c(Nc2c(C#N)cnc3cc(N)c(N(CCN4CCOCC4)C(N)=S)cc23)c1. The highest BCUT2D eigenvalue weighted by atomic mass is 32.1. The van der Waals surface area contributed by atoms with E-state index in [1.807, 2.05) is 36.1 Å². The number of benzene rings is 2. The van der Waals surface area contributed by atoms with E-state index < -0.39 is 0 Å². The Morgan fingerprint density at radius 1 is 1.31 bits per heavy atom. The molecule has 182 valence electrons. The lowest BCUT2D eigenvalue weighted by molar-refractivity contribution is 0.0394. The Hall–Kier alpha value is -3.65. The van der Waals surface area contributed by atoms with Crippen molar-refractivity contribution in [1.82, 2.24) is 9.88 Å². The van der Waals surface area contributed by atoms with Gasteiger partial charge >= 0.3 is 0 Å². The van der Waals surface area contributed by atoms with E-state index >= 15 is 0 Å². The van der Waals surface area contributed by atoms with Crippen LogP contribution in [0.5, 0.6) is 5.75 Å². The van der Waals surface area contributed by atoms with Crippen molar-refractivity contribution in [2.45, 2.75) is 6.92 Å². The lowest BCUT2D eigenvalue weighted by atomic mass is 10.1. The molecule has 35 heavy (non-hydrogen) atoms. The molecule has 2 aromatic carbocycles. The summed E-state index contributed by atoms with van der Waals surface area (Å²) in [6, 6.07) is 11.7. The number of nitriles is 1. The first-order valence-corrected chi connectivity index (χ1v) is 11.7. The van der Waals surface area contributed by atoms with E-state index in [1.165, 1.54) is 0 Å². The number of hydrogen-bond donors (Lipinski definition) is 3. The van der Waals surface area contributed by atoms with Gasteiger partial charge in [0.25, 0.3) is 0 Å². The van der Waals surface area contributed by atoms with Crippen LogP contribution in [0.1, 0.15) is 11.1 Å². The molecule has 5 N–H and O–H groups in total. The van der Waals surface area contributed by atoms with Gasteiger partial charge in [-0.3, -0.25) is 9.88 Å². The van der Waals surface area contributed by atoms with Crippen molar-refractivity contribution in [2.24, 2.45) is 5.73 Å². The van der Waals surface area contributed by atoms with Crippen LogP contribution in [0.3, 0.4) is 0 Å². The predicted molar refractivity (Wildman–Crippen MR) is 143 cm³/mol. The number of nitrogen functional groups attached to an aromatic ring is 1. The third-order valence-corrected chi connectivity index (χ3v) is 6.36. The topological polar surface area (TPSA) is 126 Å². The first-order chi connectivity index (χ1) is 16.9. The van der Waals surface area contributed by atoms with Gasteiger partial charge in [0.2, 0.25) is 0 Å². The number of rotatable bonds is 7. The summed E-state index contributed by atoms with van der Waals surface area (Å²) in [5, 5.41) is 14.2.